The number of nitrogens with zero attached hydrogens (tertiary/aromatic N) is 1. The fourth-order valence-corrected chi connectivity index (χ4v) is 3.29. The molecule has 0 saturated heterocycles. The van der Waals surface area contributed by atoms with Gasteiger partial charge in [0.2, 0.25) is 0 Å². The predicted octanol–water partition coefficient (Wildman–Crippen LogP) is 5.42. The molecule has 3 heteroatoms. The zero-order chi connectivity index (χ0) is 19.0. The van der Waals surface area contributed by atoms with Crippen molar-refractivity contribution in [2.45, 2.75) is 20.8 Å². The third kappa shape index (κ3) is 3.24. The van der Waals surface area contributed by atoms with E-state index in [4.69, 9.17) is 0 Å². The molecule has 1 N–H and O–H groups in total. The van der Waals surface area contributed by atoms with Crippen LogP contribution in [0.5, 0.6) is 0 Å². The van der Waals surface area contributed by atoms with Gasteiger partial charge in [0.15, 0.2) is 0 Å². The molecule has 134 valence electrons. The fourth-order valence-electron chi connectivity index (χ4n) is 3.29. The Morgan fingerprint density at radius 3 is 1.59 bits per heavy atom. The summed E-state index contributed by atoms with van der Waals surface area (Å²) in [5, 5.41) is 3.04. The molecule has 1 aromatic heterocycles. The summed E-state index contributed by atoms with van der Waals surface area (Å²) in [6.07, 6.45) is 0. The molecule has 0 aliphatic carbocycles. The van der Waals surface area contributed by atoms with E-state index in [1.165, 1.54) is 16.7 Å². The van der Waals surface area contributed by atoms with E-state index >= 15 is 0 Å². The van der Waals surface area contributed by atoms with Crippen LogP contribution in [0.15, 0.2) is 77.6 Å². The van der Waals surface area contributed by atoms with E-state index in [0.29, 0.717) is 5.56 Å². The third-order valence-corrected chi connectivity index (χ3v) is 4.86. The second-order valence-corrected chi connectivity index (χ2v) is 7.07. The lowest BCUT2D eigenvalue weighted by Crippen LogP contribution is -2.05. The van der Waals surface area contributed by atoms with Gasteiger partial charge in [0, 0.05) is 5.56 Å². The summed E-state index contributed by atoms with van der Waals surface area (Å²) in [4.78, 5) is 13.0. The van der Waals surface area contributed by atoms with Crippen LogP contribution < -0.4 is 5.56 Å². The van der Waals surface area contributed by atoms with Crippen molar-refractivity contribution in [3.63, 3.8) is 0 Å². The van der Waals surface area contributed by atoms with E-state index < -0.39 is 0 Å². The van der Waals surface area contributed by atoms with E-state index in [1.807, 2.05) is 48.0 Å². The number of aryl methyl sites for hydroxylation is 3. The summed E-state index contributed by atoms with van der Waals surface area (Å²) >= 11 is 0. The number of aromatic amines is 1. The SMILES string of the molecule is Cc1ccc(-c2c(-c3ccc(C)cc3)n(-c3ccc(C)cc3)[nH]c2=O)cc1. The molecule has 0 unspecified atom stereocenters. The van der Waals surface area contributed by atoms with Crippen LogP contribution in [0.2, 0.25) is 0 Å². The molecular formula is C24H22N2O. The van der Waals surface area contributed by atoms with Gasteiger partial charge in [-0.05, 0) is 38.5 Å². The molecule has 0 saturated carbocycles. The second kappa shape index (κ2) is 6.76. The van der Waals surface area contributed by atoms with Gasteiger partial charge in [0.25, 0.3) is 5.56 Å². The normalized spacial score (nSPS) is 10.9. The van der Waals surface area contributed by atoms with Crippen LogP contribution in [-0.2, 0) is 0 Å². The minimum absolute atomic E-state index is 0.0880. The molecular weight excluding hydrogens is 332 g/mol. The smallest absolute Gasteiger partial charge is 0.267 e. The zero-order valence-corrected chi connectivity index (χ0v) is 15.8. The van der Waals surface area contributed by atoms with Gasteiger partial charge in [-0.3, -0.25) is 14.6 Å². The average Bonchev–Trinajstić information content (AvgIpc) is 3.01. The Kier molecular flexibility index (Phi) is 4.28. The highest BCUT2D eigenvalue weighted by atomic mass is 16.1. The van der Waals surface area contributed by atoms with Crippen molar-refractivity contribution >= 4 is 0 Å². The monoisotopic (exact) mass is 354 g/mol. The van der Waals surface area contributed by atoms with Crippen molar-refractivity contribution in [3.8, 4) is 28.1 Å². The van der Waals surface area contributed by atoms with Crippen molar-refractivity contribution in [2.24, 2.45) is 0 Å². The first-order valence-electron chi connectivity index (χ1n) is 9.09. The number of nitrogens with one attached hydrogen (secondary N) is 1. The van der Waals surface area contributed by atoms with Gasteiger partial charge in [-0.25, -0.2) is 0 Å². The summed E-state index contributed by atoms with van der Waals surface area (Å²) < 4.78 is 1.89. The number of hydrogen-bond acceptors (Lipinski definition) is 1. The molecule has 0 aliphatic rings. The first-order valence-corrected chi connectivity index (χ1v) is 9.09. The number of aromatic nitrogens is 2. The molecule has 4 aromatic rings. The van der Waals surface area contributed by atoms with Crippen LogP contribution >= 0.6 is 0 Å². The number of H-pyrrole nitrogens is 1. The standard InChI is InChI=1S/C24H22N2O/c1-16-4-10-19(11-5-16)22-23(20-12-6-17(2)7-13-20)26(25-24(22)27)21-14-8-18(3)9-15-21/h4-15H,1-3H3,(H,25,27). The second-order valence-electron chi connectivity index (χ2n) is 7.07. The van der Waals surface area contributed by atoms with Crippen LogP contribution in [-0.4, -0.2) is 9.78 Å². The average molecular weight is 354 g/mol. The third-order valence-electron chi connectivity index (χ3n) is 4.86. The molecule has 4 rings (SSSR count). The Balaban J connectivity index is 2.01. The van der Waals surface area contributed by atoms with Crippen molar-refractivity contribution in [3.05, 3.63) is 99.8 Å². The molecule has 0 amide bonds. The lowest BCUT2D eigenvalue weighted by atomic mass is 9.99. The number of benzene rings is 3. The number of hydrogen-bond donors (Lipinski definition) is 1. The molecule has 0 radical (unpaired) electrons. The van der Waals surface area contributed by atoms with Crippen LogP contribution in [0.3, 0.4) is 0 Å². The zero-order valence-electron chi connectivity index (χ0n) is 15.8. The predicted molar refractivity (Wildman–Crippen MR) is 111 cm³/mol. The van der Waals surface area contributed by atoms with Crippen LogP contribution in [0.25, 0.3) is 28.1 Å². The number of rotatable bonds is 3. The van der Waals surface area contributed by atoms with Gasteiger partial charge in [0.1, 0.15) is 0 Å². The highest BCUT2D eigenvalue weighted by molar-refractivity contribution is 5.82. The Bertz CT molecular complexity index is 1130. The summed E-state index contributed by atoms with van der Waals surface area (Å²) in [5.41, 5.74) is 7.90. The highest BCUT2D eigenvalue weighted by Gasteiger charge is 2.19. The van der Waals surface area contributed by atoms with E-state index in [0.717, 1.165) is 22.5 Å². The highest BCUT2D eigenvalue weighted by Crippen LogP contribution is 2.31. The lowest BCUT2D eigenvalue weighted by Gasteiger charge is -2.11. The molecule has 3 aromatic carbocycles. The Hall–Kier alpha value is -3.33. The largest absolute Gasteiger partial charge is 0.272 e. The van der Waals surface area contributed by atoms with E-state index in [1.54, 1.807) is 0 Å². The summed E-state index contributed by atoms with van der Waals surface area (Å²) in [5.74, 6) is 0. The van der Waals surface area contributed by atoms with E-state index in [2.05, 4.69) is 55.3 Å². The van der Waals surface area contributed by atoms with Crippen molar-refractivity contribution < 1.29 is 0 Å². The maximum atomic E-state index is 13.0. The maximum Gasteiger partial charge on any atom is 0.272 e. The molecule has 0 atom stereocenters. The lowest BCUT2D eigenvalue weighted by molar-refractivity contribution is 0.870. The van der Waals surface area contributed by atoms with Crippen molar-refractivity contribution in [1.82, 2.24) is 9.78 Å². The van der Waals surface area contributed by atoms with Gasteiger partial charge >= 0.3 is 0 Å². The molecule has 0 aliphatic heterocycles. The quantitative estimate of drug-likeness (QED) is 0.524. The Morgan fingerprint density at radius 1 is 0.630 bits per heavy atom. The molecule has 3 nitrogen and oxygen atoms in total. The topological polar surface area (TPSA) is 37.8 Å². The summed E-state index contributed by atoms with van der Waals surface area (Å²) in [6.45, 7) is 6.17. The first-order chi connectivity index (χ1) is 13.0. The van der Waals surface area contributed by atoms with Gasteiger partial charge in [-0.2, -0.15) is 0 Å². The molecule has 1 heterocycles. The van der Waals surface area contributed by atoms with Gasteiger partial charge in [-0.1, -0.05) is 77.4 Å². The molecule has 0 fully saturated rings. The van der Waals surface area contributed by atoms with Gasteiger partial charge < -0.3 is 0 Å². The van der Waals surface area contributed by atoms with Crippen LogP contribution in [0.4, 0.5) is 0 Å². The van der Waals surface area contributed by atoms with E-state index in [-0.39, 0.29) is 5.56 Å². The molecule has 27 heavy (non-hydrogen) atoms. The van der Waals surface area contributed by atoms with Crippen LogP contribution in [0, 0.1) is 20.8 Å². The van der Waals surface area contributed by atoms with Crippen molar-refractivity contribution in [2.75, 3.05) is 0 Å². The molecule has 0 bridgehead atoms. The Labute approximate surface area is 158 Å². The van der Waals surface area contributed by atoms with Crippen molar-refractivity contribution in [1.29, 1.82) is 0 Å². The minimum Gasteiger partial charge on any atom is -0.267 e. The Morgan fingerprint density at radius 2 is 1.07 bits per heavy atom. The van der Waals surface area contributed by atoms with Crippen LogP contribution in [0.1, 0.15) is 16.7 Å². The summed E-state index contributed by atoms with van der Waals surface area (Å²) in [7, 11) is 0. The van der Waals surface area contributed by atoms with Gasteiger partial charge in [-0.15, -0.1) is 0 Å². The first kappa shape index (κ1) is 17.1. The summed E-state index contributed by atoms with van der Waals surface area (Å²) in [6, 6.07) is 24.6. The molecule has 0 spiro atoms. The van der Waals surface area contributed by atoms with Gasteiger partial charge in [0.05, 0.1) is 16.9 Å². The van der Waals surface area contributed by atoms with E-state index in [9.17, 15) is 4.79 Å². The minimum atomic E-state index is -0.0880. The fraction of sp³-hybridized carbons (Fsp3) is 0.125. The maximum absolute atomic E-state index is 13.0.